The number of carbonyl (C=O) groups excluding carboxylic acids is 2. The van der Waals surface area contributed by atoms with Crippen LogP contribution in [0.5, 0.6) is 5.75 Å². The number of hydrogen-bond donors (Lipinski definition) is 1. The Kier molecular flexibility index (Phi) is 10.0. The van der Waals surface area contributed by atoms with Gasteiger partial charge in [-0.3, -0.25) is 13.9 Å². The van der Waals surface area contributed by atoms with Gasteiger partial charge >= 0.3 is 0 Å². The van der Waals surface area contributed by atoms with E-state index in [1.807, 2.05) is 31.2 Å². The van der Waals surface area contributed by atoms with Gasteiger partial charge in [-0.2, -0.15) is 0 Å². The maximum absolute atomic E-state index is 14.1. The molecule has 0 aromatic heterocycles. The number of carbonyl (C=O) groups is 2. The highest BCUT2D eigenvalue weighted by Crippen LogP contribution is 2.27. The lowest BCUT2D eigenvalue weighted by atomic mass is 9.95. The molecule has 1 fully saturated rings. The molecule has 4 rings (SSSR count). The summed E-state index contributed by atoms with van der Waals surface area (Å²) in [5.74, 6) is -0.155. The van der Waals surface area contributed by atoms with Crippen molar-refractivity contribution >= 4 is 27.5 Å². The first kappa shape index (κ1) is 30.1. The van der Waals surface area contributed by atoms with Crippen molar-refractivity contribution < 1.29 is 22.7 Å². The standard InChI is InChI=1S/C32H39N3O5S/c1-24-14-16-26(17-15-24)22-34(25(2)32(37)33-27-10-6-4-7-11-27)31(36)23-35(28-18-20-29(40-3)21-19-28)41(38,39)30-12-8-5-9-13-30/h5,8-9,12-21,25,27H,4,6-7,10-11,22-23H2,1-3H3,(H,33,37). The second-order valence-corrected chi connectivity index (χ2v) is 12.4. The largest absolute Gasteiger partial charge is 0.497 e. The first-order valence-electron chi connectivity index (χ1n) is 14.1. The van der Waals surface area contributed by atoms with Crippen LogP contribution < -0.4 is 14.4 Å². The first-order valence-corrected chi connectivity index (χ1v) is 15.5. The van der Waals surface area contributed by atoms with Crippen LogP contribution in [0.25, 0.3) is 0 Å². The van der Waals surface area contributed by atoms with Crippen LogP contribution >= 0.6 is 0 Å². The molecule has 9 heteroatoms. The van der Waals surface area contributed by atoms with Crippen LogP contribution in [-0.2, 0) is 26.2 Å². The summed E-state index contributed by atoms with van der Waals surface area (Å²) in [6.45, 7) is 3.37. The van der Waals surface area contributed by atoms with E-state index in [0.29, 0.717) is 11.4 Å². The van der Waals surface area contributed by atoms with Crippen molar-refractivity contribution in [2.45, 2.75) is 69.5 Å². The number of hydrogen-bond acceptors (Lipinski definition) is 5. The lowest BCUT2D eigenvalue weighted by molar-refractivity contribution is -0.139. The molecule has 0 spiro atoms. The van der Waals surface area contributed by atoms with Crippen LogP contribution in [0.3, 0.4) is 0 Å². The zero-order valence-electron chi connectivity index (χ0n) is 24.0. The van der Waals surface area contributed by atoms with Crippen LogP contribution in [0.2, 0.25) is 0 Å². The Balaban J connectivity index is 1.66. The van der Waals surface area contributed by atoms with Gasteiger partial charge in [-0.15, -0.1) is 0 Å². The molecule has 1 N–H and O–H groups in total. The molecule has 0 saturated heterocycles. The Bertz CT molecular complexity index is 1400. The Morgan fingerprint density at radius 2 is 1.56 bits per heavy atom. The molecule has 1 unspecified atom stereocenters. The number of benzene rings is 3. The van der Waals surface area contributed by atoms with E-state index < -0.39 is 28.5 Å². The highest BCUT2D eigenvalue weighted by atomic mass is 32.2. The van der Waals surface area contributed by atoms with Gasteiger partial charge in [0.1, 0.15) is 18.3 Å². The van der Waals surface area contributed by atoms with Crippen LogP contribution in [0.15, 0.2) is 83.8 Å². The average Bonchev–Trinajstić information content (AvgIpc) is 3.00. The summed E-state index contributed by atoms with van der Waals surface area (Å²) >= 11 is 0. The summed E-state index contributed by atoms with van der Waals surface area (Å²) in [4.78, 5) is 29.0. The van der Waals surface area contributed by atoms with Crippen molar-refractivity contribution in [1.82, 2.24) is 10.2 Å². The number of rotatable bonds is 11. The third-order valence-corrected chi connectivity index (χ3v) is 9.35. The quantitative estimate of drug-likeness (QED) is 0.344. The Morgan fingerprint density at radius 1 is 0.927 bits per heavy atom. The Labute approximate surface area is 243 Å². The van der Waals surface area contributed by atoms with Gasteiger partial charge < -0.3 is 15.0 Å². The summed E-state index contributed by atoms with van der Waals surface area (Å²) < 4.78 is 34.0. The van der Waals surface area contributed by atoms with E-state index in [1.165, 1.54) is 24.1 Å². The van der Waals surface area contributed by atoms with Crippen molar-refractivity contribution in [3.8, 4) is 5.75 Å². The lowest BCUT2D eigenvalue weighted by Crippen LogP contribution is -2.53. The van der Waals surface area contributed by atoms with Gasteiger partial charge in [-0.25, -0.2) is 8.42 Å². The summed E-state index contributed by atoms with van der Waals surface area (Å²) in [7, 11) is -2.58. The predicted octanol–water partition coefficient (Wildman–Crippen LogP) is 5.07. The molecule has 2 amide bonds. The molecular weight excluding hydrogens is 538 g/mol. The van der Waals surface area contributed by atoms with Gasteiger partial charge in [-0.1, -0.05) is 67.3 Å². The van der Waals surface area contributed by atoms with E-state index >= 15 is 0 Å². The smallest absolute Gasteiger partial charge is 0.264 e. The number of nitrogens with one attached hydrogen (secondary N) is 1. The summed E-state index contributed by atoms with van der Waals surface area (Å²) in [6, 6.07) is 21.6. The zero-order chi connectivity index (χ0) is 29.4. The van der Waals surface area contributed by atoms with Crippen molar-refractivity contribution in [2.24, 2.45) is 0 Å². The van der Waals surface area contributed by atoms with Gasteiger partial charge in [0.05, 0.1) is 17.7 Å². The number of amides is 2. The summed E-state index contributed by atoms with van der Waals surface area (Å²) in [6.07, 6.45) is 5.14. The summed E-state index contributed by atoms with van der Waals surface area (Å²) in [5, 5.41) is 3.12. The minimum absolute atomic E-state index is 0.0665. The van der Waals surface area contributed by atoms with E-state index in [9.17, 15) is 18.0 Å². The highest BCUT2D eigenvalue weighted by molar-refractivity contribution is 7.92. The third kappa shape index (κ3) is 7.67. The van der Waals surface area contributed by atoms with Gasteiger partial charge in [0.25, 0.3) is 10.0 Å². The van der Waals surface area contributed by atoms with Crippen molar-refractivity contribution in [3.63, 3.8) is 0 Å². The fourth-order valence-electron chi connectivity index (χ4n) is 5.04. The molecule has 0 heterocycles. The maximum Gasteiger partial charge on any atom is 0.264 e. The van der Waals surface area contributed by atoms with E-state index in [0.717, 1.165) is 47.5 Å². The highest BCUT2D eigenvalue weighted by Gasteiger charge is 2.33. The van der Waals surface area contributed by atoms with E-state index in [2.05, 4.69) is 5.32 Å². The molecule has 0 bridgehead atoms. The third-order valence-electron chi connectivity index (χ3n) is 7.56. The summed E-state index contributed by atoms with van der Waals surface area (Å²) in [5.41, 5.74) is 2.25. The molecule has 0 radical (unpaired) electrons. The lowest BCUT2D eigenvalue weighted by Gasteiger charge is -2.33. The molecule has 1 saturated carbocycles. The van der Waals surface area contributed by atoms with Crippen LogP contribution in [0, 0.1) is 6.92 Å². The van der Waals surface area contributed by atoms with Crippen molar-refractivity contribution in [1.29, 1.82) is 0 Å². The Hall–Kier alpha value is -3.85. The second-order valence-electron chi connectivity index (χ2n) is 10.5. The molecular formula is C32H39N3O5S. The molecule has 1 aliphatic carbocycles. The normalized spacial score (nSPS) is 14.6. The molecule has 0 aliphatic heterocycles. The minimum Gasteiger partial charge on any atom is -0.497 e. The fraction of sp³-hybridized carbons (Fsp3) is 0.375. The van der Waals surface area contributed by atoms with E-state index in [4.69, 9.17) is 4.74 Å². The van der Waals surface area contributed by atoms with Gasteiger partial charge in [-0.05, 0) is 68.7 Å². The number of methoxy groups -OCH3 is 1. The van der Waals surface area contributed by atoms with Crippen LogP contribution in [0.4, 0.5) is 5.69 Å². The number of sulfonamides is 1. The number of ether oxygens (including phenoxy) is 1. The molecule has 1 atom stereocenters. The second kappa shape index (κ2) is 13.7. The molecule has 1 aliphatic rings. The van der Waals surface area contributed by atoms with E-state index in [1.54, 1.807) is 49.4 Å². The molecule has 41 heavy (non-hydrogen) atoms. The van der Waals surface area contributed by atoms with Gasteiger partial charge in [0, 0.05) is 12.6 Å². The SMILES string of the molecule is COc1ccc(N(CC(=O)N(Cc2ccc(C)cc2)C(C)C(=O)NC2CCCCC2)S(=O)(=O)c2ccccc2)cc1. The topological polar surface area (TPSA) is 96.0 Å². The fourth-order valence-corrected chi connectivity index (χ4v) is 6.47. The Morgan fingerprint density at radius 3 is 2.17 bits per heavy atom. The first-order chi connectivity index (χ1) is 19.7. The number of nitrogens with zero attached hydrogens (tertiary/aromatic N) is 2. The monoisotopic (exact) mass is 577 g/mol. The van der Waals surface area contributed by atoms with Crippen molar-refractivity contribution in [3.05, 3.63) is 90.0 Å². The minimum atomic E-state index is -4.10. The molecule has 218 valence electrons. The van der Waals surface area contributed by atoms with Crippen LogP contribution in [-0.4, -0.2) is 50.9 Å². The molecule has 3 aromatic carbocycles. The predicted molar refractivity (Wildman–Crippen MR) is 160 cm³/mol. The molecule has 8 nitrogen and oxygen atoms in total. The van der Waals surface area contributed by atoms with Gasteiger partial charge in [0.15, 0.2) is 0 Å². The molecule has 3 aromatic rings. The van der Waals surface area contributed by atoms with E-state index in [-0.39, 0.29) is 23.4 Å². The van der Waals surface area contributed by atoms with Crippen molar-refractivity contribution in [2.75, 3.05) is 18.0 Å². The number of anilines is 1. The number of aryl methyl sites for hydroxylation is 1. The van der Waals surface area contributed by atoms with Crippen LogP contribution in [0.1, 0.15) is 50.2 Å². The average molecular weight is 578 g/mol. The zero-order valence-corrected chi connectivity index (χ0v) is 24.8. The maximum atomic E-state index is 14.1. The van der Waals surface area contributed by atoms with Gasteiger partial charge in [0.2, 0.25) is 11.8 Å².